The molecule has 212 valence electrons. The van der Waals surface area contributed by atoms with Gasteiger partial charge in [0, 0.05) is 59.5 Å². The van der Waals surface area contributed by atoms with Crippen LogP contribution in [0.1, 0.15) is 89.7 Å². The van der Waals surface area contributed by atoms with E-state index >= 15 is 0 Å². The van der Waals surface area contributed by atoms with E-state index in [0.29, 0.717) is 25.6 Å². The number of hydrogen-bond donors (Lipinski definition) is 0. The molecule has 1 fully saturated rings. The van der Waals surface area contributed by atoms with E-state index in [1.54, 1.807) is 27.6 Å². The molecule has 0 saturated carbocycles. The first-order valence-electron chi connectivity index (χ1n) is 14.0. The van der Waals surface area contributed by atoms with Gasteiger partial charge in [-0.15, -0.1) is 11.3 Å². The van der Waals surface area contributed by atoms with Gasteiger partial charge in [-0.3, -0.25) is 13.9 Å². The first-order chi connectivity index (χ1) is 18.2. The number of rotatable bonds is 6. The Kier molecular flexibility index (Phi) is 8.18. The molecule has 39 heavy (non-hydrogen) atoms. The predicted octanol–water partition coefficient (Wildman–Crippen LogP) is 6.11. The average Bonchev–Trinajstić information content (AvgIpc) is 3.47. The fraction of sp³-hybridized carbons (Fsp3) is 0.581. The van der Waals surface area contributed by atoms with Crippen molar-refractivity contribution in [2.45, 2.75) is 98.1 Å². The summed E-state index contributed by atoms with van der Waals surface area (Å²) in [5, 5.41) is 3.21. The number of aromatic nitrogens is 3. The number of nitrogens with zero attached hydrogens (tertiary/aromatic N) is 4. The van der Waals surface area contributed by atoms with Gasteiger partial charge in [-0.2, -0.15) is 0 Å². The van der Waals surface area contributed by atoms with E-state index in [2.05, 4.69) is 59.1 Å². The van der Waals surface area contributed by atoms with Crippen LogP contribution in [0.25, 0.3) is 10.6 Å². The Bertz CT molecular complexity index is 1360. The van der Waals surface area contributed by atoms with Crippen LogP contribution in [0.2, 0.25) is 0 Å². The lowest BCUT2D eigenvalue weighted by Gasteiger charge is -2.31. The Hall–Kier alpha value is -2.87. The van der Waals surface area contributed by atoms with Crippen LogP contribution in [0.3, 0.4) is 0 Å². The van der Waals surface area contributed by atoms with E-state index in [1.807, 2.05) is 24.9 Å². The van der Waals surface area contributed by atoms with Gasteiger partial charge in [-0.05, 0) is 49.7 Å². The van der Waals surface area contributed by atoms with Crippen LogP contribution in [0.5, 0.6) is 5.75 Å². The fourth-order valence-corrected chi connectivity index (χ4v) is 6.32. The maximum Gasteiger partial charge on any atom is 0.328 e. The van der Waals surface area contributed by atoms with Crippen LogP contribution in [0.15, 0.2) is 28.5 Å². The second-order valence-electron chi connectivity index (χ2n) is 12.8. The minimum Gasteiger partial charge on any atom is -0.496 e. The van der Waals surface area contributed by atoms with Crippen molar-refractivity contribution in [1.82, 2.24) is 19.0 Å². The van der Waals surface area contributed by atoms with E-state index in [4.69, 9.17) is 9.72 Å². The maximum atomic E-state index is 13.0. The zero-order valence-corrected chi connectivity index (χ0v) is 25.9. The Balaban J connectivity index is 1.50. The van der Waals surface area contributed by atoms with Crippen molar-refractivity contribution in [3.05, 3.63) is 56.7 Å². The van der Waals surface area contributed by atoms with Gasteiger partial charge in [-0.1, -0.05) is 41.5 Å². The molecule has 1 amide bonds. The molecule has 0 bridgehead atoms. The predicted molar refractivity (Wildman–Crippen MR) is 159 cm³/mol. The van der Waals surface area contributed by atoms with Crippen molar-refractivity contribution in [3.8, 4) is 16.3 Å². The summed E-state index contributed by atoms with van der Waals surface area (Å²) in [5.74, 6) is 1.30. The van der Waals surface area contributed by atoms with Crippen LogP contribution in [-0.2, 0) is 28.7 Å². The van der Waals surface area contributed by atoms with Crippen molar-refractivity contribution >= 4 is 17.2 Å². The Morgan fingerprint density at radius 3 is 2.15 bits per heavy atom. The van der Waals surface area contributed by atoms with Gasteiger partial charge in [0.1, 0.15) is 17.3 Å². The number of carbonyl (C=O) groups is 1. The highest BCUT2D eigenvalue weighted by Gasteiger charge is 2.30. The summed E-state index contributed by atoms with van der Waals surface area (Å²) in [4.78, 5) is 32.5. The summed E-state index contributed by atoms with van der Waals surface area (Å²) in [6.45, 7) is 19.2. The summed E-state index contributed by atoms with van der Waals surface area (Å²) >= 11 is 1.69. The maximum absolute atomic E-state index is 13.0. The number of hydrogen-bond acceptors (Lipinski definition) is 5. The van der Waals surface area contributed by atoms with Gasteiger partial charge < -0.3 is 9.64 Å². The lowest BCUT2D eigenvalue weighted by molar-refractivity contribution is -0.133. The second-order valence-corrected chi connectivity index (χ2v) is 13.6. The molecular formula is C31H44N4O3S. The van der Waals surface area contributed by atoms with Crippen LogP contribution >= 0.6 is 11.3 Å². The standard InChI is InChI=1S/C31H44N4O3S/c1-10-33-17-20(2)35(29(33)37)18-26(36)34-13-11-21(12-14-34)25-19-39-28(32-25)22-15-23(30(3,4)5)27(38-9)24(16-22)31(6,7)8/h15-17,19,21H,10-14,18H2,1-9H3. The molecule has 1 aliphatic rings. The average molecular weight is 553 g/mol. The molecule has 0 spiro atoms. The number of likely N-dealkylation sites (tertiary alicyclic amines) is 1. The Morgan fingerprint density at radius 1 is 1.08 bits per heavy atom. The number of benzene rings is 1. The third-order valence-corrected chi connectivity index (χ3v) is 8.73. The van der Waals surface area contributed by atoms with E-state index < -0.39 is 0 Å². The molecule has 2 aromatic heterocycles. The fourth-order valence-electron chi connectivity index (χ4n) is 5.43. The second kappa shape index (κ2) is 11.0. The number of aryl methyl sites for hydroxylation is 2. The van der Waals surface area contributed by atoms with Crippen molar-refractivity contribution in [1.29, 1.82) is 0 Å². The minimum atomic E-state index is -0.115. The summed E-state index contributed by atoms with van der Waals surface area (Å²) < 4.78 is 9.16. The van der Waals surface area contributed by atoms with Crippen LogP contribution < -0.4 is 10.4 Å². The SMILES string of the molecule is CCn1cc(C)n(CC(=O)N2CCC(c3csc(-c4cc(C(C)(C)C)c(OC)c(C(C)(C)C)c4)n3)CC2)c1=O. The summed E-state index contributed by atoms with van der Waals surface area (Å²) in [7, 11) is 1.76. The molecule has 3 aromatic rings. The highest BCUT2D eigenvalue weighted by Crippen LogP contribution is 2.43. The normalized spacial score (nSPS) is 15.2. The molecular weight excluding hydrogens is 508 g/mol. The monoisotopic (exact) mass is 552 g/mol. The third kappa shape index (κ3) is 6.01. The molecule has 4 rings (SSSR count). The smallest absolute Gasteiger partial charge is 0.328 e. The molecule has 1 aliphatic heterocycles. The number of amides is 1. The zero-order valence-electron chi connectivity index (χ0n) is 25.1. The number of ether oxygens (including phenoxy) is 1. The molecule has 0 N–H and O–H groups in total. The van der Waals surface area contributed by atoms with Gasteiger partial charge in [0.2, 0.25) is 5.91 Å². The molecule has 1 aromatic carbocycles. The van der Waals surface area contributed by atoms with Crippen LogP contribution in [0.4, 0.5) is 0 Å². The number of methoxy groups -OCH3 is 1. The lowest BCUT2D eigenvalue weighted by atomic mass is 9.78. The molecule has 0 radical (unpaired) electrons. The van der Waals surface area contributed by atoms with Crippen LogP contribution in [-0.4, -0.2) is 45.1 Å². The highest BCUT2D eigenvalue weighted by molar-refractivity contribution is 7.13. The number of thiazole rings is 1. The minimum absolute atomic E-state index is 0.00845. The molecule has 3 heterocycles. The first-order valence-corrected chi connectivity index (χ1v) is 14.9. The zero-order chi connectivity index (χ0) is 28.7. The summed E-state index contributed by atoms with van der Waals surface area (Å²) in [6.07, 6.45) is 3.57. The molecule has 1 saturated heterocycles. The van der Waals surface area contributed by atoms with E-state index in [0.717, 1.165) is 40.6 Å². The van der Waals surface area contributed by atoms with E-state index in [9.17, 15) is 9.59 Å². The Morgan fingerprint density at radius 2 is 1.67 bits per heavy atom. The number of carbonyl (C=O) groups excluding carboxylic acids is 1. The van der Waals surface area contributed by atoms with E-state index in [-0.39, 0.29) is 29.0 Å². The lowest BCUT2D eigenvalue weighted by Crippen LogP contribution is -2.41. The highest BCUT2D eigenvalue weighted by atomic mass is 32.1. The van der Waals surface area contributed by atoms with Crippen molar-refractivity contribution in [3.63, 3.8) is 0 Å². The number of imidazole rings is 1. The van der Waals surface area contributed by atoms with Gasteiger partial charge >= 0.3 is 5.69 Å². The number of piperidine rings is 1. The van der Waals surface area contributed by atoms with Crippen molar-refractivity contribution < 1.29 is 9.53 Å². The van der Waals surface area contributed by atoms with Crippen molar-refractivity contribution in [2.24, 2.45) is 0 Å². The van der Waals surface area contributed by atoms with Gasteiger partial charge in [0.15, 0.2) is 0 Å². The molecule has 8 heteroatoms. The van der Waals surface area contributed by atoms with Gasteiger partial charge in [0.05, 0.1) is 12.8 Å². The summed E-state index contributed by atoms with van der Waals surface area (Å²) in [5.41, 5.74) is 5.21. The van der Waals surface area contributed by atoms with Crippen LogP contribution in [0, 0.1) is 6.92 Å². The first kappa shape index (κ1) is 29.1. The Labute approximate surface area is 236 Å². The van der Waals surface area contributed by atoms with E-state index in [1.165, 1.54) is 11.1 Å². The molecule has 0 unspecified atom stereocenters. The molecule has 0 atom stereocenters. The van der Waals surface area contributed by atoms with Gasteiger partial charge in [-0.25, -0.2) is 9.78 Å². The quantitative estimate of drug-likeness (QED) is 0.370. The molecule has 7 nitrogen and oxygen atoms in total. The largest absolute Gasteiger partial charge is 0.496 e. The molecule has 0 aliphatic carbocycles. The van der Waals surface area contributed by atoms with Crippen molar-refractivity contribution in [2.75, 3.05) is 20.2 Å². The third-order valence-electron chi connectivity index (χ3n) is 7.82. The topological polar surface area (TPSA) is 69.4 Å². The van der Waals surface area contributed by atoms with Gasteiger partial charge in [0.25, 0.3) is 0 Å². The summed E-state index contributed by atoms with van der Waals surface area (Å²) in [6, 6.07) is 4.49.